The van der Waals surface area contributed by atoms with Crippen molar-refractivity contribution in [2.45, 2.75) is 45.5 Å². The van der Waals surface area contributed by atoms with Crippen molar-refractivity contribution in [1.82, 2.24) is 14.8 Å². The van der Waals surface area contributed by atoms with Gasteiger partial charge in [-0.1, -0.05) is 41.1 Å². The molecule has 6 nitrogen and oxygen atoms in total. The van der Waals surface area contributed by atoms with Crippen molar-refractivity contribution in [1.29, 1.82) is 0 Å². The summed E-state index contributed by atoms with van der Waals surface area (Å²) in [7, 11) is 0. The highest BCUT2D eigenvalue weighted by Gasteiger charge is 2.20. The Kier molecular flexibility index (Phi) is 7.56. The third-order valence-corrected chi connectivity index (χ3v) is 5.85. The zero-order valence-electron chi connectivity index (χ0n) is 17.8. The molecule has 1 unspecified atom stereocenters. The number of ether oxygens (including phenoxy) is 1. The van der Waals surface area contributed by atoms with E-state index >= 15 is 0 Å². The Balaban J connectivity index is 1.65. The van der Waals surface area contributed by atoms with Crippen LogP contribution in [0.1, 0.15) is 36.9 Å². The van der Waals surface area contributed by atoms with Gasteiger partial charge in [0, 0.05) is 12.2 Å². The maximum Gasteiger partial charge on any atom is 0.234 e. The number of nitrogens with one attached hydrogen (secondary N) is 1. The molecule has 9 heteroatoms. The van der Waals surface area contributed by atoms with E-state index < -0.39 is 5.82 Å². The van der Waals surface area contributed by atoms with Crippen LogP contribution in [-0.2, 0) is 11.3 Å². The third kappa shape index (κ3) is 5.77. The lowest BCUT2D eigenvalue weighted by molar-refractivity contribution is -0.113. The van der Waals surface area contributed by atoms with Gasteiger partial charge in [-0.25, -0.2) is 4.39 Å². The van der Waals surface area contributed by atoms with E-state index in [4.69, 9.17) is 16.3 Å². The number of hydrogen-bond acceptors (Lipinski definition) is 5. The second-order valence-corrected chi connectivity index (χ2v) is 8.43. The number of aryl methyl sites for hydroxylation is 2. The Morgan fingerprint density at radius 3 is 2.71 bits per heavy atom. The highest BCUT2D eigenvalue weighted by molar-refractivity contribution is 7.99. The molecule has 0 aliphatic rings. The summed E-state index contributed by atoms with van der Waals surface area (Å²) in [5.41, 5.74) is 2.67. The highest BCUT2D eigenvalue weighted by Crippen LogP contribution is 2.27. The summed E-state index contributed by atoms with van der Waals surface area (Å²) in [6.45, 7) is 8.60. The van der Waals surface area contributed by atoms with Crippen molar-refractivity contribution in [3.63, 3.8) is 0 Å². The van der Waals surface area contributed by atoms with Crippen LogP contribution in [0.3, 0.4) is 0 Å². The Bertz CT molecular complexity index is 1090. The molecule has 3 aromatic rings. The first-order chi connectivity index (χ1) is 14.8. The smallest absolute Gasteiger partial charge is 0.234 e. The van der Waals surface area contributed by atoms with Crippen molar-refractivity contribution < 1.29 is 13.9 Å². The van der Waals surface area contributed by atoms with Crippen LogP contribution >= 0.6 is 23.4 Å². The van der Waals surface area contributed by atoms with Crippen molar-refractivity contribution in [3.05, 3.63) is 64.2 Å². The van der Waals surface area contributed by atoms with Crippen molar-refractivity contribution in [2.24, 2.45) is 0 Å². The molecule has 0 spiro atoms. The van der Waals surface area contributed by atoms with Gasteiger partial charge in [0.1, 0.15) is 11.6 Å². The Morgan fingerprint density at radius 2 is 2.03 bits per heavy atom. The predicted octanol–water partition coefficient (Wildman–Crippen LogP) is 5.58. The van der Waals surface area contributed by atoms with Gasteiger partial charge in [-0.05, 0) is 57.5 Å². The van der Waals surface area contributed by atoms with Crippen LogP contribution in [0.2, 0.25) is 5.02 Å². The van der Waals surface area contributed by atoms with E-state index in [2.05, 4.69) is 21.6 Å². The quantitative estimate of drug-likeness (QED) is 0.442. The van der Waals surface area contributed by atoms with Crippen LogP contribution in [0.5, 0.6) is 5.75 Å². The summed E-state index contributed by atoms with van der Waals surface area (Å²) < 4.78 is 21.3. The molecule has 1 aromatic heterocycles. The van der Waals surface area contributed by atoms with E-state index in [0.717, 1.165) is 11.3 Å². The molecular formula is C22H24ClFN4O2S. The monoisotopic (exact) mass is 462 g/mol. The lowest BCUT2D eigenvalue weighted by atomic mass is 10.1. The first-order valence-corrected chi connectivity index (χ1v) is 11.2. The van der Waals surface area contributed by atoms with Gasteiger partial charge in [-0.2, -0.15) is 0 Å². The normalized spacial score (nSPS) is 11.9. The van der Waals surface area contributed by atoms with Gasteiger partial charge in [-0.15, -0.1) is 10.2 Å². The number of hydrogen-bond donors (Lipinski definition) is 1. The van der Waals surface area contributed by atoms with E-state index in [0.29, 0.717) is 23.2 Å². The molecule has 1 atom stereocenters. The molecule has 0 aliphatic heterocycles. The Morgan fingerprint density at radius 1 is 1.26 bits per heavy atom. The number of carbonyl (C=O) groups is 1. The molecule has 0 aliphatic carbocycles. The Hall–Kier alpha value is -2.58. The number of amides is 1. The molecule has 31 heavy (non-hydrogen) atoms. The maximum atomic E-state index is 13.3. The van der Waals surface area contributed by atoms with Gasteiger partial charge in [-0.3, -0.25) is 4.79 Å². The molecule has 1 amide bonds. The van der Waals surface area contributed by atoms with Crippen LogP contribution in [-0.4, -0.2) is 26.4 Å². The van der Waals surface area contributed by atoms with E-state index in [9.17, 15) is 9.18 Å². The molecule has 0 bridgehead atoms. The largest absolute Gasteiger partial charge is 0.482 e. The molecule has 0 radical (unpaired) electrons. The number of halogens is 2. The van der Waals surface area contributed by atoms with E-state index in [1.807, 2.05) is 44.4 Å². The highest BCUT2D eigenvalue weighted by atomic mass is 35.5. The molecular weight excluding hydrogens is 439 g/mol. The number of thioether (sulfide) groups is 1. The number of rotatable bonds is 8. The van der Waals surface area contributed by atoms with Gasteiger partial charge in [0.2, 0.25) is 5.91 Å². The average molecular weight is 463 g/mol. The molecule has 3 rings (SSSR count). The lowest BCUT2D eigenvalue weighted by Crippen LogP contribution is -2.15. The van der Waals surface area contributed by atoms with Crippen LogP contribution in [0.4, 0.5) is 10.1 Å². The van der Waals surface area contributed by atoms with Gasteiger partial charge >= 0.3 is 0 Å². The number of aromatic nitrogens is 3. The zero-order valence-corrected chi connectivity index (χ0v) is 19.4. The topological polar surface area (TPSA) is 69.0 Å². The molecule has 1 heterocycles. The van der Waals surface area contributed by atoms with E-state index in [-0.39, 0.29) is 22.8 Å². The summed E-state index contributed by atoms with van der Waals surface area (Å²) in [6.07, 6.45) is -0.307. The van der Waals surface area contributed by atoms with Crippen LogP contribution in [0.25, 0.3) is 0 Å². The summed E-state index contributed by atoms with van der Waals surface area (Å²) in [6, 6.07) is 10.1. The number of carbonyl (C=O) groups excluding carboxylic acids is 1. The summed E-state index contributed by atoms with van der Waals surface area (Å²) >= 11 is 7.02. The van der Waals surface area contributed by atoms with E-state index in [1.165, 1.54) is 35.5 Å². The predicted molar refractivity (Wildman–Crippen MR) is 121 cm³/mol. The molecule has 2 aromatic carbocycles. The zero-order chi connectivity index (χ0) is 22.5. The second-order valence-electron chi connectivity index (χ2n) is 7.08. The average Bonchev–Trinajstić information content (AvgIpc) is 3.14. The molecule has 0 saturated heterocycles. The minimum absolute atomic E-state index is 0.0429. The van der Waals surface area contributed by atoms with Crippen LogP contribution < -0.4 is 10.1 Å². The van der Waals surface area contributed by atoms with Crippen LogP contribution in [0.15, 0.2) is 41.6 Å². The summed E-state index contributed by atoms with van der Waals surface area (Å²) in [5.74, 6) is 0.833. The van der Waals surface area contributed by atoms with Crippen molar-refractivity contribution in [3.8, 4) is 5.75 Å². The molecule has 1 N–H and O–H groups in total. The van der Waals surface area contributed by atoms with Gasteiger partial charge in [0.25, 0.3) is 0 Å². The van der Waals surface area contributed by atoms with E-state index in [1.54, 1.807) is 0 Å². The second kappa shape index (κ2) is 10.2. The molecule has 0 saturated carbocycles. The molecule has 164 valence electrons. The fraction of sp³-hybridized carbons (Fsp3) is 0.318. The van der Waals surface area contributed by atoms with Gasteiger partial charge in [0.05, 0.1) is 10.8 Å². The summed E-state index contributed by atoms with van der Waals surface area (Å²) in [4.78, 5) is 12.3. The Labute approximate surface area is 190 Å². The number of benzene rings is 2. The van der Waals surface area contributed by atoms with Crippen molar-refractivity contribution in [2.75, 3.05) is 11.1 Å². The summed E-state index contributed by atoms with van der Waals surface area (Å²) in [5, 5.41) is 11.8. The first kappa shape index (κ1) is 23.1. The first-order valence-electron chi connectivity index (χ1n) is 9.83. The minimum Gasteiger partial charge on any atom is -0.482 e. The number of nitrogens with zero attached hydrogens (tertiary/aromatic N) is 3. The lowest BCUT2D eigenvalue weighted by Gasteiger charge is -2.17. The minimum atomic E-state index is -0.533. The third-order valence-electron chi connectivity index (χ3n) is 4.60. The van der Waals surface area contributed by atoms with Gasteiger partial charge < -0.3 is 14.6 Å². The SMILES string of the molecule is CCn1c(SCC(=O)Nc2ccc(F)c(Cl)c2)nnc1C(C)Oc1ccc(C)cc1C. The molecule has 0 fully saturated rings. The van der Waals surface area contributed by atoms with Crippen LogP contribution in [0, 0.1) is 19.7 Å². The fourth-order valence-electron chi connectivity index (χ4n) is 3.08. The number of anilines is 1. The van der Waals surface area contributed by atoms with Crippen molar-refractivity contribution >= 4 is 35.0 Å². The standard InChI is InChI=1S/C22H24ClFN4O2S/c1-5-28-21(15(4)30-19-9-6-13(2)10-14(19)3)26-27-22(28)31-12-20(29)25-16-7-8-18(24)17(23)11-16/h6-11,15H,5,12H2,1-4H3,(H,25,29). The maximum absolute atomic E-state index is 13.3. The van der Waals surface area contributed by atoms with Gasteiger partial charge in [0.15, 0.2) is 17.1 Å². The fourth-order valence-corrected chi connectivity index (χ4v) is 4.07.